The number of para-hydroxylation sites is 5. The molecule has 0 unspecified atom stereocenters. The molecule has 5 heterocycles. The summed E-state index contributed by atoms with van der Waals surface area (Å²) in [4.78, 5) is 24.2. The smallest absolute Gasteiger partial charge is 0.406 e. The molecule has 5 N–H and O–H groups in total. The summed E-state index contributed by atoms with van der Waals surface area (Å²) in [7, 11) is 0. The maximum Gasteiger partial charge on any atom is 0.573 e. The highest BCUT2D eigenvalue weighted by molar-refractivity contribution is 6.36. The molecule has 0 aliphatic heterocycles. The minimum Gasteiger partial charge on any atom is -0.406 e. The second kappa shape index (κ2) is 36.2. The lowest BCUT2D eigenvalue weighted by Gasteiger charge is -2.24. The number of halogens is 20. The van der Waals surface area contributed by atoms with Crippen LogP contribution >= 0.6 is 58.0 Å². The molecule has 0 saturated carbocycles. The van der Waals surface area contributed by atoms with Crippen molar-refractivity contribution in [2.24, 2.45) is 0 Å². The zero-order valence-corrected chi connectivity index (χ0v) is 61.6. The SMILES string of the molecule is Clc1ccc2cccc(Cl)c2n1.FC(F)(F)Oc1ccc(N(c2ccc3cccc(Cl)c3n2)c2ccc3cccc(Cl)c3n2)cc1.FC(F)(F)Oc1ccc(Nc2ccc3cccc(Cl)c3n2)cc1.FC(F)(F)Oc1ccc(Nc2ccc3cccc(Nc4ccc(OC(F)(F)F)cc4)c3n2)cc1.Nc1ccc(OC(F)(F)F)cc1. The Hall–Kier alpha value is -12.4. The van der Waals surface area contributed by atoms with E-state index in [1.54, 1.807) is 77.7 Å². The zero-order valence-electron chi connectivity index (χ0n) is 57.8. The predicted molar refractivity (Wildman–Crippen MR) is 415 cm³/mol. The normalized spacial score (nSPS) is 11.5. The molecule has 0 aliphatic carbocycles. The molecule has 0 spiro atoms. The number of nitrogens with two attached hydrogens (primary N) is 1. The molecule has 0 saturated heterocycles. The van der Waals surface area contributed by atoms with Crippen LogP contribution in [0.5, 0.6) is 28.7 Å². The first-order chi connectivity index (χ1) is 54.5. The molecular weight excluding hydrogens is 1640 g/mol. The summed E-state index contributed by atoms with van der Waals surface area (Å²) in [5.74, 6) is 0.354. The standard InChI is InChI=1S/C25H14Cl2F3N3O.C23H15F6N3O2.C16H10ClF3N2O.C9H5Cl2N.C7H6F3NO/c26-19-5-1-3-15-7-13-21(31-23(15)19)33(17-9-11-18(12-10-17)34-25(28,29)30)22-14-8-16-4-2-6-20(27)24(16)32-22;24-22(25,26)33-17-9-5-15(6-10-17)30-19-3-1-2-14-4-13-20(32-21(14)19)31-16-7-11-18(12-8-16)34-23(27,28)29;17-13-3-1-2-10-4-9-14(22-15(10)13)21-11-5-7-12(8-6-11)23-16(18,19)20;10-7-3-1-2-6-4-5-8(11)12-9(6)7;8-7(9,10)12-6-3-1-5(11)2-4-6/h1-14H;1-13,30H,(H,31,32);1-9H,(H,21,22);1-5H;1-4H,11H2. The fraction of sp³-hybridized carbons (Fsp3) is 0.0625. The number of aromatic nitrogens is 5. The Morgan fingerprint density at radius 1 is 0.270 bits per heavy atom. The summed E-state index contributed by atoms with van der Waals surface area (Å²) in [6.45, 7) is 0. The van der Waals surface area contributed by atoms with Gasteiger partial charge in [-0.2, -0.15) is 0 Å². The zero-order chi connectivity index (χ0) is 82.4. The van der Waals surface area contributed by atoms with Gasteiger partial charge in [-0.05, 0) is 212 Å². The van der Waals surface area contributed by atoms with Crippen LogP contribution in [0, 0.1) is 0 Å². The Morgan fingerprint density at radius 2 is 0.548 bits per heavy atom. The van der Waals surface area contributed by atoms with E-state index in [1.807, 2.05) is 78.9 Å². The summed E-state index contributed by atoms with van der Waals surface area (Å²) in [5.41, 5.74) is 11.5. The third kappa shape index (κ3) is 24.8. The van der Waals surface area contributed by atoms with Crippen LogP contribution in [0.15, 0.2) is 273 Å². The number of fused-ring (bicyclic) bond motifs is 5. The van der Waals surface area contributed by atoms with E-state index in [-0.39, 0.29) is 28.7 Å². The van der Waals surface area contributed by atoms with E-state index in [9.17, 15) is 65.9 Å². The highest BCUT2D eigenvalue weighted by Gasteiger charge is 2.34. The first kappa shape index (κ1) is 83.6. The number of nitrogens with zero attached hydrogens (tertiary/aromatic N) is 6. The molecule has 0 aliphatic rings. The Morgan fingerprint density at radius 3 is 0.904 bits per heavy atom. The van der Waals surface area contributed by atoms with Crippen LogP contribution in [0.4, 0.5) is 123 Å². The van der Waals surface area contributed by atoms with E-state index < -0.39 is 31.8 Å². The highest BCUT2D eigenvalue weighted by Crippen LogP contribution is 2.39. The van der Waals surface area contributed by atoms with Gasteiger partial charge in [0.2, 0.25) is 0 Å². The van der Waals surface area contributed by atoms with Crippen molar-refractivity contribution in [2.75, 3.05) is 26.6 Å². The van der Waals surface area contributed by atoms with Gasteiger partial charge in [0.15, 0.2) is 0 Å². The summed E-state index contributed by atoms with van der Waals surface area (Å²) >= 11 is 30.5. The molecule has 115 heavy (non-hydrogen) atoms. The van der Waals surface area contributed by atoms with Gasteiger partial charge in [0, 0.05) is 55.4 Å². The van der Waals surface area contributed by atoms with Gasteiger partial charge >= 0.3 is 31.8 Å². The second-order valence-corrected chi connectivity index (χ2v) is 25.6. The average molecular weight is 1690 g/mol. The molecule has 15 nitrogen and oxygen atoms in total. The number of nitrogens with one attached hydrogen (secondary N) is 3. The van der Waals surface area contributed by atoms with Crippen LogP contribution in [0.2, 0.25) is 25.2 Å². The topological polar surface area (TPSA) is 176 Å². The van der Waals surface area contributed by atoms with E-state index >= 15 is 0 Å². The van der Waals surface area contributed by atoms with Gasteiger partial charge in [-0.25, -0.2) is 24.9 Å². The molecule has 0 bridgehead atoms. The Kier molecular flexibility index (Phi) is 26.3. The molecule has 15 aromatic rings. The monoisotopic (exact) mass is 1690 g/mol. The first-order valence-corrected chi connectivity index (χ1v) is 34.8. The Labute approximate surface area is 666 Å². The Balaban J connectivity index is 0.000000150. The van der Waals surface area contributed by atoms with E-state index in [0.29, 0.717) is 105 Å². The van der Waals surface area contributed by atoms with E-state index in [2.05, 4.69) is 54.6 Å². The molecule has 0 radical (unpaired) electrons. The number of hydrogen-bond donors (Lipinski definition) is 4. The summed E-state index contributed by atoms with van der Waals surface area (Å²) in [6.07, 6.45) is -23.7. The minimum atomic E-state index is -4.78. The first-order valence-electron chi connectivity index (χ1n) is 32.9. The van der Waals surface area contributed by atoms with Crippen LogP contribution in [0.3, 0.4) is 0 Å². The van der Waals surface area contributed by atoms with E-state index in [4.69, 9.17) is 73.7 Å². The fourth-order valence-corrected chi connectivity index (χ4v) is 11.6. The van der Waals surface area contributed by atoms with Crippen molar-refractivity contribution in [3.05, 3.63) is 298 Å². The van der Waals surface area contributed by atoms with Crippen LogP contribution in [0.1, 0.15) is 0 Å². The molecule has 15 rings (SSSR count). The lowest BCUT2D eigenvalue weighted by molar-refractivity contribution is -0.275. The minimum absolute atomic E-state index is 0.267. The van der Waals surface area contributed by atoms with Crippen LogP contribution in [-0.4, -0.2) is 56.7 Å². The maximum atomic E-state index is 12.6. The summed E-state index contributed by atoms with van der Waals surface area (Å²) < 4.78 is 202. The molecule has 5 aromatic heterocycles. The lowest BCUT2D eigenvalue weighted by atomic mass is 10.1. The molecule has 0 atom stereocenters. The third-order valence-corrected chi connectivity index (χ3v) is 16.8. The van der Waals surface area contributed by atoms with Crippen LogP contribution in [-0.2, 0) is 0 Å². The van der Waals surface area contributed by atoms with Gasteiger partial charge in [0.25, 0.3) is 0 Å². The summed E-state index contributed by atoms with van der Waals surface area (Å²) in [5, 5.41) is 16.1. The second-order valence-electron chi connectivity index (χ2n) is 23.6. The number of benzene rings is 10. The van der Waals surface area contributed by atoms with Gasteiger partial charge in [-0.3, -0.25) is 4.90 Å². The average Bonchev–Trinajstić information content (AvgIpc) is 0.765. The largest absolute Gasteiger partial charge is 0.573 e. The van der Waals surface area contributed by atoms with Crippen molar-refractivity contribution in [2.45, 2.75) is 31.8 Å². The van der Waals surface area contributed by atoms with Crippen molar-refractivity contribution in [1.82, 2.24) is 24.9 Å². The van der Waals surface area contributed by atoms with Crippen LogP contribution < -0.4 is 50.3 Å². The van der Waals surface area contributed by atoms with Gasteiger partial charge < -0.3 is 45.4 Å². The van der Waals surface area contributed by atoms with Crippen molar-refractivity contribution in [3.63, 3.8) is 0 Å². The third-order valence-electron chi connectivity index (χ3n) is 15.3. The van der Waals surface area contributed by atoms with Crippen molar-refractivity contribution >= 4 is 170 Å². The summed E-state index contributed by atoms with van der Waals surface area (Å²) in [6, 6.07) is 71.8. The number of hydrogen-bond acceptors (Lipinski definition) is 15. The van der Waals surface area contributed by atoms with E-state index in [0.717, 1.165) is 44.6 Å². The van der Waals surface area contributed by atoms with Gasteiger partial charge in [0.05, 0.1) is 53.4 Å². The maximum absolute atomic E-state index is 12.6. The van der Waals surface area contributed by atoms with Crippen molar-refractivity contribution < 1.29 is 89.5 Å². The van der Waals surface area contributed by atoms with Crippen molar-refractivity contribution in [1.29, 1.82) is 0 Å². The highest BCUT2D eigenvalue weighted by atomic mass is 35.5. The fourth-order valence-electron chi connectivity index (χ4n) is 10.6. The molecular formula is C80H50Cl5F15N10O5. The number of nitrogen functional groups attached to an aromatic ring is 1. The lowest BCUT2D eigenvalue weighted by Crippen LogP contribution is -2.17. The van der Waals surface area contributed by atoms with Crippen LogP contribution in [0.25, 0.3) is 54.5 Å². The molecule has 35 heteroatoms. The van der Waals surface area contributed by atoms with Gasteiger partial charge in [0.1, 0.15) is 57.2 Å². The predicted octanol–water partition coefficient (Wildman–Crippen LogP) is 27.2. The molecule has 0 fully saturated rings. The number of ether oxygens (including phenoxy) is 5. The van der Waals surface area contributed by atoms with Crippen molar-refractivity contribution in [3.8, 4) is 28.7 Å². The van der Waals surface area contributed by atoms with Gasteiger partial charge in [-0.15, -0.1) is 65.9 Å². The molecule has 590 valence electrons. The number of pyridine rings is 5. The van der Waals surface area contributed by atoms with Gasteiger partial charge in [-0.1, -0.05) is 119 Å². The number of anilines is 10. The Bertz CT molecular complexity index is 5770. The molecule has 0 amide bonds. The number of rotatable bonds is 14. The quantitative estimate of drug-likeness (QED) is 0.0459. The molecule has 10 aromatic carbocycles. The number of alkyl halides is 15. The van der Waals surface area contributed by atoms with E-state index in [1.165, 1.54) is 109 Å².